The summed E-state index contributed by atoms with van der Waals surface area (Å²) in [6.45, 7) is 5.47. The molecular formula is C24H23N3O4S. The van der Waals surface area contributed by atoms with Gasteiger partial charge < -0.3 is 14.6 Å². The van der Waals surface area contributed by atoms with Gasteiger partial charge in [0, 0.05) is 28.5 Å². The lowest BCUT2D eigenvalue weighted by atomic mass is 10.2. The number of rotatable bonds is 7. The van der Waals surface area contributed by atoms with Crippen LogP contribution >= 0.6 is 11.8 Å². The summed E-state index contributed by atoms with van der Waals surface area (Å²) in [5.41, 5.74) is 2.71. The van der Waals surface area contributed by atoms with Crippen molar-refractivity contribution in [2.45, 2.75) is 37.5 Å². The maximum absolute atomic E-state index is 12.4. The summed E-state index contributed by atoms with van der Waals surface area (Å²) >= 11 is 1.56. The summed E-state index contributed by atoms with van der Waals surface area (Å²) in [6, 6.07) is 18.3. The van der Waals surface area contributed by atoms with Crippen LogP contribution in [0.5, 0.6) is 5.75 Å². The van der Waals surface area contributed by atoms with Crippen molar-refractivity contribution in [1.82, 2.24) is 9.56 Å². The van der Waals surface area contributed by atoms with Gasteiger partial charge in [-0.15, -0.1) is 16.3 Å². The molecule has 4 aromatic rings. The lowest BCUT2D eigenvalue weighted by Gasteiger charge is -2.15. The van der Waals surface area contributed by atoms with Gasteiger partial charge in [-0.1, -0.05) is 12.1 Å². The second kappa shape index (κ2) is 9.32. The van der Waals surface area contributed by atoms with Gasteiger partial charge in [0.1, 0.15) is 11.5 Å². The zero-order valence-electron chi connectivity index (χ0n) is 18.0. The Morgan fingerprint density at radius 2 is 1.94 bits per heavy atom. The van der Waals surface area contributed by atoms with Crippen LogP contribution in [0.25, 0.3) is 5.65 Å². The molecule has 0 saturated carbocycles. The van der Waals surface area contributed by atoms with E-state index in [2.05, 4.69) is 10.3 Å². The number of aromatic nitrogens is 2. The Hall–Kier alpha value is -3.52. The SMILES string of the molecule is Cc1cccc(O[C@@H](C)C(=O)Nc2ccc(SCc3cc(=O)n4oc(C)cc4n3)cc2)c1. The third-order valence-corrected chi connectivity index (χ3v) is 5.75. The number of thioether (sulfide) groups is 1. The number of nitrogens with one attached hydrogen (secondary N) is 1. The normalized spacial score (nSPS) is 12.0. The van der Waals surface area contributed by atoms with Crippen LogP contribution in [-0.2, 0) is 10.5 Å². The minimum absolute atomic E-state index is 0.222. The van der Waals surface area contributed by atoms with Crippen LogP contribution in [0.1, 0.15) is 23.9 Å². The van der Waals surface area contributed by atoms with E-state index in [0.29, 0.717) is 34.3 Å². The molecule has 0 radical (unpaired) electrons. The van der Waals surface area contributed by atoms with Crippen LogP contribution in [0.15, 0.2) is 74.9 Å². The van der Waals surface area contributed by atoms with Gasteiger partial charge in [-0.2, -0.15) is 0 Å². The first-order valence-corrected chi connectivity index (χ1v) is 11.1. The molecule has 1 N–H and O–H groups in total. The first-order chi connectivity index (χ1) is 15.4. The van der Waals surface area contributed by atoms with Gasteiger partial charge in [-0.05, 0) is 62.7 Å². The third kappa shape index (κ3) is 5.20. The van der Waals surface area contributed by atoms with Gasteiger partial charge in [0.2, 0.25) is 0 Å². The van der Waals surface area contributed by atoms with Crippen LogP contribution in [-0.4, -0.2) is 21.6 Å². The van der Waals surface area contributed by atoms with Crippen molar-refractivity contribution in [3.8, 4) is 5.75 Å². The standard InChI is InChI=1S/C24H23N3O4S/c1-15-5-4-6-20(11-15)30-17(3)24(29)26-18-7-9-21(10-8-18)32-14-19-13-23(28)27-22(25-19)12-16(2)31-27/h4-13,17H,14H2,1-3H3,(H,26,29)/t17-/m0/s1. The van der Waals surface area contributed by atoms with E-state index >= 15 is 0 Å². The topological polar surface area (TPSA) is 85.8 Å². The number of hydrogen-bond acceptors (Lipinski definition) is 6. The van der Waals surface area contributed by atoms with Gasteiger partial charge in [0.05, 0.1) is 5.69 Å². The van der Waals surface area contributed by atoms with E-state index in [1.807, 2.05) is 55.5 Å². The van der Waals surface area contributed by atoms with E-state index in [1.165, 1.54) is 10.6 Å². The highest BCUT2D eigenvalue weighted by atomic mass is 32.2. The Morgan fingerprint density at radius 3 is 2.69 bits per heavy atom. The number of ether oxygens (including phenoxy) is 1. The number of carbonyl (C=O) groups excluding carboxylic acids is 1. The summed E-state index contributed by atoms with van der Waals surface area (Å²) < 4.78 is 12.2. The number of anilines is 1. The highest BCUT2D eigenvalue weighted by Crippen LogP contribution is 2.24. The van der Waals surface area contributed by atoms with E-state index in [0.717, 1.165) is 10.5 Å². The molecule has 7 nitrogen and oxygen atoms in total. The molecule has 8 heteroatoms. The molecule has 0 saturated heterocycles. The van der Waals surface area contributed by atoms with Gasteiger partial charge in [0.15, 0.2) is 11.8 Å². The highest BCUT2D eigenvalue weighted by molar-refractivity contribution is 7.98. The minimum Gasteiger partial charge on any atom is -0.481 e. The molecule has 2 heterocycles. The second-order valence-electron chi connectivity index (χ2n) is 7.46. The summed E-state index contributed by atoms with van der Waals surface area (Å²) in [4.78, 5) is 30.0. The smallest absolute Gasteiger partial charge is 0.287 e. The molecule has 1 amide bonds. The fourth-order valence-electron chi connectivity index (χ4n) is 3.13. The molecule has 0 spiro atoms. The summed E-state index contributed by atoms with van der Waals surface area (Å²) in [5.74, 6) is 1.62. The minimum atomic E-state index is -0.627. The summed E-state index contributed by atoms with van der Waals surface area (Å²) in [6.07, 6.45) is -0.627. The molecule has 164 valence electrons. The average Bonchev–Trinajstić information content (AvgIpc) is 3.14. The molecule has 0 fully saturated rings. The molecule has 1 atom stereocenters. The van der Waals surface area contributed by atoms with Gasteiger partial charge in [-0.3, -0.25) is 9.59 Å². The lowest BCUT2D eigenvalue weighted by Crippen LogP contribution is -2.30. The average molecular weight is 450 g/mol. The number of carbonyl (C=O) groups is 1. The first kappa shape index (κ1) is 21.7. The number of nitrogens with zero attached hydrogens (tertiary/aromatic N) is 2. The monoisotopic (exact) mass is 449 g/mol. The molecule has 0 aliphatic rings. The Bertz CT molecular complexity index is 1310. The van der Waals surface area contributed by atoms with Crippen molar-refractivity contribution in [2.24, 2.45) is 0 Å². The zero-order chi connectivity index (χ0) is 22.7. The van der Waals surface area contributed by atoms with E-state index in [-0.39, 0.29) is 11.5 Å². The van der Waals surface area contributed by atoms with Crippen molar-refractivity contribution in [1.29, 1.82) is 0 Å². The third-order valence-electron chi connectivity index (χ3n) is 4.70. The van der Waals surface area contributed by atoms with Crippen LogP contribution in [0.4, 0.5) is 5.69 Å². The Morgan fingerprint density at radius 1 is 1.16 bits per heavy atom. The Labute approximate surface area is 189 Å². The van der Waals surface area contributed by atoms with Crippen LogP contribution in [0, 0.1) is 13.8 Å². The largest absolute Gasteiger partial charge is 0.481 e. The molecule has 4 rings (SSSR count). The van der Waals surface area contributed by atoms with Crippen molar-refractivity contribution in [2.75, 3.05) is 5.32 Å². The Kier molecular flexibility index (Phi) is 6.32. The molecule has 0 bridgehead atoms. The van der Waals surface area contributed by atoms with Crippen LogP contribution in [0.2, 0.25) is 0 Å². The zero-order valence-corrected chi connectivity index (χ0v) is 18.8. The fraction of sp³-hybridized carbons (Fsp3) is 0.208. The molecule has 0 unspecified atom stereocenters. The predicted octanol–water partition coefficient (Wildman–Crippen LogP) is 4.60. The van der Waals surface area contributed by atoms with Crippen molar-refractivity contribution in [3.63, 3.8) is 0 Å². The van der Waals surface area contributed by atoms with E-state index in [4.69, 9.17) is 9.26 Å². The van der Waals surface area contributed by atoms with Crippen molar-refractivity contribution in [3.05, 3.63) is 88.0 Å². The van der Waals surface area contributed by atoms with Crippen LogP contribution < -0.4 is 15.6 Å². The highest BCUT2D eigenvalue weighted by Gasteiger charge is 2.15. The molecular weight excluding hydrogens is 426 g/mol. The number of aryl methyl sites for hydroxylation is 2. The second-order valence-corrected chi connectivity index (χ2v) is 8.51. The molecule has 0 aliphatic heterocycles. The number of fused-ring (bicyclic) bond motifs is 1. The number of benzene rings is 2. The van der Waals surface area contributed by atoms with E-state index in [1.54, 1.807) is 31.7 Å². The summed E-state index contributed by atoms with van der Waals surface area (Å²) in [7, 11) is 0. The van der Waals surface area contributed by atoms with Crippen molar-refractivity contribution < 1.29 is 14.1 Å². The van der Waals surface area contributed by atoms with Gasteiger partial charge >= 0.3 is 0 Å². The maximum Gasteiger partial charge on any atom is 0.287 e. The predicted molar refractivity (Wildman–Crippen MR) is 124 cm³/mol. The number of hydrogen-bond donors (Lipinski definition) is 1. The summed E-state index contributed by atoms with van der Waals surface area (Å²) in [5, 5.41) is 2.87. The molecule has 32 heavy (non-hydrogen) atoms. The molecule has 2 aromatic heterocycles. The van der Waals surface area contributed by atoms with Crippen molar-refractivity contribution >= 4 is 29.0 Å². The van der Waals surface area contributed by atoms with Gasteiger partial charge in [0.25, 0.3) is 11.5 Å². The first-order valence-electron chi connectivity index (χ1n) is 10.1. The van der Waals surface area contributed by atoms with E-state index < -0.39 is 6.10 Å². The molecule has 0 aliphatic carbocycles. The van der Waals surface area contributed by atoms with Gasteiger partial charge in [-0.25, -0.2) is 4.98 Å². The lowest BCUT2D eigenvalue weighted by molar-refractivity contribution is -0.122. The number of amides is 1. The van der Waals surface area contributed by atoms with Crippen LogP contribution in [0.3, 0.4) is 0 Å². The van der Waals surface area contributed by atoms with E-state index in [9.17, 15) is 9.59 Å². The Balaban J connectivity index is 1.33. The fourth-order valence-corrected chi connectivity index (χ4v) is 3.92. The quantitative estimate of drug-likeness (QED) is 0.415. The molecule has 2 aromatic carbocycles. The maximum atomic E-state index is 12.4.